The van der Waals surface area contributed by atoms with E-state index in [1.54, 1.807) is 11.0 Å². The summed E-state index contributed by atoms with van der Waals surface area (Å²) in [5.74, 6) is 0.0112. The molecule has 2 aromatic rings. The lowest BCUT2D eigenvalue weighted by Crippen LogP contribution is -2.45. The number of likely N-dealkylation sites (tertiary alicyclic amines) is 1. The van der Waals surface area contributed by atoms with Crippen LogP contribution in [0.3, 0.4) is 0 Å². The van der Waals surface area contributed by atoms with Crippen molar-refractivity contribution in [3.05, 3.63) is 24.5 Å². The van der Waals surface area contributed by atoms with Gasteiger partial charge in [0.05, 0.1) is 24.4 Å². The molecule has 0 aliphatic carbocycles. The normalized spacial score (nSPS) is 18.9. The zero-order chi connectivity index (χ0) is 17.2. The zero-order valence-electron chi connectivity index (χ0n) is 12.5. The highest BCUT2D eigenvalue weighted by atomic mass is 19.4. The van der Waals surface area contributed by atoms with Crippen molar-refractivity contribution in [1.29, 1.82) is 0 Å². The van der Waals surface area contributed by atoms with Gasteiger partial charge in [-0.05, 0) is 25.5 Å². The number of hydrogen-bond donors (Lipinski definition) is 1. The van der Waals surface area contributed by atoms with Crippen LogP contribution in [0.15, 0.2) is 27.5 Å². The number of rotatable bonds is 5. The topological polar surface area (TPSA) is 84.4 Å². The third kappa shape index (κ3) is 3.94. The number of carbonyl (C=O) groups is 1. The van der Waals surface area contributed by atoms with Crippen LogP contribution in [0.25, 0.3) is 11.4 Å². The summed E-state index contributed by atoms with van der Waals surface area (Å²) in [5.41, 5.74) is 0.658. The van der Waals surface area contributed by atoms with Crippen molar-refractivity contribution >= 4 is 5.91 Å². The largest absolute Gasteiger partial charge is 0.472 e. The molecule has 0 saturated carbocycles. The SMILES string of the molecule is O=C(NCC(F)(F)F)[C@H]1CCCN1Cc1nc(-c2ccoc2)no1. The van der Waals surface area contributed by atoms with E-state index in [9.17, 15) is 18.0 Å². The molecular weight excluding hydrogens is 329 g/mol. The minimum absolute atomic E-state index is 0.203. The fourth-order valence-corrected chi connectivity index (χ4v) is 2.62. The second-order valence-electron chi connectivity index (χ2n) is 5.49. The van der Waals surface area contributed by atoms with Crippen molar-refractivity contribution in [2.45, 2.75) is 31.6 Å². The average molecular weight is 344 g/mol. The molecule has 3 heterocycles. The lowest BCUT2D eigenvalue weighted by atomic mass is 10.2. The van der Waals surface area contributed by atoms with E-state index in [1.165, 1.54) is 12.5 Å². The number of carbonyl (C=O) groups excluding carboxylic acids is 1. The van der Waals surface area contributed by atoms with Gasteiger partial charge in [-0.15, -0.1) is 0 Å². The third-order valence-corrected chi connectivity index (χ3v) is 3.72. The molecule has 1 fully saturated rings. The van der Waals surface area contributed by atoms with Gasteiger partial charge >= 0.3 is 6.18 Å². The maximum atomic E-state index is 12.2. The molecule has 3 rings (SSSR count). The molecule has 24 heavy (non-hydrogen) atoms. The molecule has 0 aromatic carbocycles. The van der Waals surface area contributed by atoms with Crippen LogP contribution in [0.2, 0.25) is 0 Å². The van der Waals surface area contributed by atoms with Crippen molar-refractivity contribution in [2.75, 3.05) is 13.1 Å². The van der Waals surface area contributed by atoms with E-state index in [-0.39, 0.29) is 6.54 Å². The minimum atomic E-state index is -4.43. The fourth-order valence-electron chi connectivity index (χ4n) is 2.62. The van der Waals surface area contributed by atoms with E-state index in [0.717, 1.165) is 0 Å². The first-order chi connectivity index (χ1) is 11.4. The Labute approximate surface area is 134 Å². The second kappa shape index (κ2) is 6.63. The lowest BCUT2D eigenvalue weighted by molar-refractivity contribution is -0.141. The van der Waals surface area contributed by atoms with E-state index in [4.69, 9.17) is 8.94 Å². The number of hydrogen-bond acceptors (Lipinski definition) is 6. The quantitative estimate of drug-likeness (QED) is 0.893. The van der Waals surface area contributed by atoms with E-state index in [1.807, 2.05) is 5.32 Å². The molecule has 0 unspecified atom stereocenters. The van der Waals surface area contributed by atoms with Gasteiger partial charge < -0.3 is 14.3 Å². The summed E-state index contributed by atoms with van der Waals surface area (Å²) in [6.45, 7) is -0.552. The summed E-state index contributed by atoms with van der Waals surface area (Å²) < 4.78 is 46.7. The maximum Gasteiger partial charge on any atom is 0.405 e. The van der Waals surface area contributed by atoms with Crippen LogP contribution >= 0.6 is 0 Å². The molecule has 2 aromatic heterocycles. The summed E-state index contributed by atoms with van der Waals surface area (Å²) in [6, 6.07) is 1.05. The lowest BCUT2D eigenvalue weighted by Gasteiger charge is -2.22. The van der Waals surface area contributed by atoms with Crippen molar-refractivity contribution in [3.8, 4) is 11.4 Å². The van der Waals surface area contributed by atoms with Gasteiger partial charge in [0.1, 0.15) is 12.8 Å². The third-order valence-electron chi connectivity index (χ3n) is 3.72. The Morgan fingerprint density at radius 3 is 3.00 bits per heavy atom. The first kappa shape index (κ1) is 16.5. The Kier molecular flexibility index (Phi) is 4.56. The number of nitrogens with one attached hydrogen (secondary N) is 1. The number of amides is 1. The number of aromatic nitrogens is 2. The standard InChI is InChI=1S/C14H15F3N4O3/c15-14(16,17)8-18-13(22)10-2-1-4-21(10)6-11-19-12(20-24-11)9-3-5-23-7-9/h3,5,7,10H,1-2,4,6,8H2,(H,18,22)/t10-/m1/s1. The van der Waals surface area contributed by atoms with E-state index < -0.39 is 24.7 Å². The highest BCUT2D eigenvalue weighted by Crippen LogP contribution is 2.22. The van der Waals surface area contributed by atoms with Crippen molar-refractivity contribution < 1.29 is 26.9 Å². The smallest absolute Gasteiger partial charge is 0.405 e. The molecule has 1 amide bonds. The molecule has 7 nitrogen and oxygen atoms in total. The summed E-state index contributed by atoms with van der Waals surface area (Å²) in [5, 5.41) is 5.74. The number of nitrogens with zero attached hydrogens (tertiary/aromatic N) is 3. The van der Waals surface area contributed by atoms with Crippen molar-refractivity contribution in [2.24, 2.45) is 0 Å². The fraction of sp³-hybridized carbons (Fsp3) is 0.500. The predicted octanol–water partition coefficient (Wildman–Crippen LogP) is 1.97. The molecule has 1 N–H and O–H groups in total. The van der Waals surface area contributed by atoms with Crippen LogP contribution < -0.4 is 5.32 Å². The number of halogens is 3. The molecule has 1 aliphatic heterocycles. The predicted molar refractivity (Wildman–Crippen MR) is 74.5 cm³/mol. The van der Waals surface area contributed by atoms with Gasteiger partial charge in [-0.1, -0.05) is 5.16 Å². The molecule has 130 valence electrons. The summed E-state index contributed by atoms with van der Waals surface area (Å²) in [6.07, 6.45) is -0.269. The van der Waals surface area contributed by atoms with Gasteiger partial charge in [0.2, 0.25) is 17.6 Å². The molecule has 10 heteroatoms. The van der Waals surface area contributed by atoms with E-state index in [2.05, 4.69) is 10.1 Å². The molecule has 1 aliphatic rings. The Morgan fingerprint density at radius 2 is 2.29 bits per heavy atom. The van der Waals surface area contributed by atoms with Gasteiger partial charge in [-0.3, -0.25) is 9.69 Å². The Balaban J connectivity index is 1.61. The highest BCUT2D eigenvalue weighted by molar-refractivity contribution is 5.82. The Bertz CT molecular complexity index is 684. The molecule has 1 atom stereocenters. The zero-order valence-corrected chi connectivity index (χ0v) is 12.5. The minimum Gasteiger partial charge on any atom is -0.472 e. The van der Waals surface area contributed by atoms with Gasteiger partial charge in [0, 0.05) is 0 Å². The number of alkyl halides is 3. The van der Waals surface area contributed by atoms with Crippen molar-refractivity contribution in [3.63, 3.8) is 0 Å². The van der Waals surface area contributed by atoms with Gasteiger partial charge in [-0.2, -0.15) is 18.2 Å². The molecule has 0 bridgehead atoms. The Morgan fingerprint density at radius 1 is 1.46 bits per heavy atom. The van der Waals surface area contributed by atoms with Crippen LogP contribution in [-0.4, -0.2) is 46.3 Å². The Hall–Kier alpha value is -2.36. The van der Waals surface area contributed by atoms with Crippen molar-refractivity contribution in [1.82, 2.24) is 20.4 Å². The van der Waals surface area contributed by atoms with Crippen LogP contribution in [-0.2, 0) is 11.3 Å². The average Bonchev–Trinajstić information content (AvgIpc) is 3.25. The molecular formula is C14H15F3N4O3. The summed E-state index contributed by atoms with van der Waals surface area (Å²) in [4.78, 5) is 17.9. The highest BCUT2D eigenvalue weighted by Gasteiger charge is 2.34. The van der Waals surface area contributed by atoms with E-state index >= 15 is 0 Å². The molecule has 0 spiro atoms. The van der Waals surface area contributed by atoms with Gasteiger partial charge in [0.15, 0.2) is 0 Å². The van der Waals surface area contributed by atoms with Gasteiger partial charge in [0.25, 0.3) is 0 Å². The van der Waals surface area contributed by atoms with Crippen LogP contribution in [0.5, 0.6) is 0 Å². The second-order valence-corrected chi connectivity index (χ2v) is 5.49. The van der Waals surface area contributed by atoms with E-state index in [0.29, 0.717) is 36.7 Å². The molecule has 0 radical (unpaired) electrons. The number of furan rings is 1. The van der Waals surface area contributed by atoms with Crippen LogP contribution in [0.4, 0.5) is 13.2 Å². The molecule has 1 saturated heterocycles. The van der Waals surface area contributed by atoms with Crippen LogP contribution in [0.1, 0.15) is 18.7 Å². The first-order valence-electron chi connectivity index (χ1n) is 7.36. The van der Waals surface area contributed by atoms with Gasteiger partial charge in [-0.25, -0.2) is 0 Å². The summed E-state index contributed by atoms with van der Waals surface area (Å²) in [7, 11) is 0. The van der Waals surface area contributed by atoms with Crippen LogP contribution in [0, 0.1) is 0 Å². The maximum absolute atomic E-state index is 12.2. The summed E-state index contributed by atoms with van der Waals surface area (Å²) >= 11 is 0. The first-order valence-corrected chi connectivity index (χ1v) is 7.36. The monoisotopic (exact) mass is 344 g/mol.